The summed E-state index contributed by atoms with van der Waals surface area (Å²) in [5, 5.41) is 22.2. The van der Waals surface area contributed by atoms with Crippen LogP contribution in [0.25, 0.3) is 11.0 Å². The lowest BCUT2D eigenvalue weighted by atomic mass is 10.0. The highest BCUT2D eigenvalue weighted by Crippen LogP contribution is 2.28. The van der Waals surface area contributed by atoms with Crippen molar-refractivity contribution in [1.82, 2.24) is 0 Å². The predicted molar refractivity (Wildman–Crippen MR) is 62.9 cm³/mol. The van der Waals surface area contributed by atoms with E-state index in [9.17, 15) is 9.90 Å². The molecule has 0 radical (unpaired) electrons. The first-order valence-corrected chi connectivity index (χ1v) is 5.00. The van der Waals surface area contributed by atoms with Gasteiger partial charge in [0, 0.05) is 11.5 Å². The van der Waals surface area contributed by atoms with Gasteiger partial charge in [0.2, 0.25) is 0 Å². The molecule has 0 aliphatic rings. The van der Waals surface area contributed by atoms with E-state index in [0.717, 1.165) is 5.56 Å². The standard InChI is InChI=1S/C12H11NO4/c1-6-5-10(15)17-12-8(6)3-4-9(14)11(12)7(2)13-16/h3-5,14,16H,1-2H3. The van der Waals surface area contributed by atoms with E-state index in [4.69, 9.17) is 9.62 Å². The third-order valence-electron chi connectivity index (χ3n) is 2.61. The predicted octanol–water partition coefficient (Wildman–Crippen LogP) is 2.01. The lowest BCUT2D eigenvalue weighted by Crippen LogP contribution is -2.03. The van der Waals surface area contributed by atoms with Crippen molar-refractivity contribution in [3.63, 3.8) is 0 Å². The average Bonchev–Trinajstić information content (AvgIpc) is 2.27. The monoisotopic (exact) mass is 233 g/mol. The molecule has 1 heterocycles. The Bertz CT molecular complexity index is 670. The van der Waals surface area contributed by atoms with Crippen LogP contribution in [0, 0.1) is 6.92 Å². The number of phenols is 1. The van der Waals surface area contributed by atoms with Crippen molar-refractivity contribution in [3.05, 3.63) is 39.7 Å². The van der Waals surface area contributed by atoms with Crippen molar-refractivity contribution in [1.29, 1.82) is 0 Å². The summed E-state index contributed by atoms with van der Waals surface area (Å²) < 4.78 is 5.07. The minimum Gasteiger partial charge on any atom is -0.507 e. The van der Waals surface area contributed by atoms with E-state index in [0.29, 0.717) is 5.39 Å². The van der Waals surface area contributed by atoms with Crippen molar-refractivity contribution in [2.75, 3.05) is 0 Å². The van der Waals surface area contributed by atoms with Crippen LogP contribution in [0.3, 0.4) is 0 Å². The van der Waals surface area contributed by atoms with Gasteiger partial charge in [-0.15, -0.1) is 0 Å². The number of oxime groups is 1. The van der Waals surface area contributed by atoms with Gasteiger partial charge >= 0.3 is 5.63 Å². The van der Waals surface area contributed by atoms with Gasteiger partial charge in [-0.25, -0.2) is 4.79 Å². The van der Waals surface area contributed by atoms with Gasteiger partial charge in [0.25, 0.3) is 0 Å². The maximum absolute atomic E-state index is 11.3. The third kappa shape index (κ3) is 1.75. The second-order valence-electron chi connectivity index (χ2n) is 3.77. The Morgan fingerprint density at radius 3 is 2.76 bits per heavy atom. The summed E-state index contributed by atoms with van der Waals surface area (Å²) in [4.78, 5) is 11.3. The number of nitrogens with zero attached hydrogens (tertiary/aromatic N) is 1. The summed E-state index contributed by atoms with van der Waals surface area (Å²) >= 11 is 0. The molecule has 0 unspecified atom stereocenters. The number of phenolic OH excluding ortho intramolecular Hbond substituents is 1. The van der Waals surface area contributed by atoms with E-state index in [1.165, 1.54) is 19.1 Å². The van der Waals surface area contributed by atoms with Gasteiger partial charge < -0.3 is 14.7 Å². The number of aromatic hydroxyl groups is 1. The first kappa shape index (κ1) is 11.2. The van der Waals surface area contributed by atoms with Crippen molar-refractivity contribution in [3.8, 4) is 5.75 Å². The minimum atomic E-state index is -0.507. The molecule has 1 aromatic carbocycles. The van der Waals surface area contributed by atoms with E-state index in [2.05, 4.69) is 5.16 Å². The third-order valence-corrected chi connectivity index (χ3v) is 2.61. The molecule has 0 aliphatic carbocycles. The Morgan fingerprint density at radius 1 is 1.41 bits per heavy atom. The molecule has 88 valence electrons. The summed E-state index contributed by atoms with van der Waals surface area (Å²) in [7, 11) is 0. The highest BCUT2D eigenvalue weighted by molar-refractivity contribution is 6.10. The maximum Gasteiger partial charge on any atom is 0.336 e. The summed E-state index contributed by atoms with van der Waals surface area (Å²) in [6, 6.07) is 4.49. The van der Waals surface area contributed by atoms with Gasteiger partial charge in [-0.3, -0.25) is 0 Å². The lowest BCUT2D eigenvalue weighted by molar-refractivity contribution is 0.318. The lowest BCUT2D eigenvalue weighted by Gasteiger charge is -2.07. The second-order valence-corrected chi connectivity index (χ2v) is 3.77. The Hall–Kier alpha value is -2.30. The highest BCUT2D eigenvalue weighted by atomic mass is 16.4. The second kappa shape index (κ2) is 3.93. The zero-order chi connectivity index (χ0) is 12.6. The van der Waals surface area contributed by atoms with E-state index in [-0.39, 0.29) is 22.6 Å². The molecule has 0 spiro atoms. The van der Waals surface area contributed by atoms with Crippen LogP contribution in [-0.4, -0.2) is 16.0 Å². The van der Waals surface area contributed by atoms with Gasteiger partial charge in [-0.1, -0.05) is 5.16 Å². The molecule has 2 N–H and O–H groups in total. The molecule has 0 saturated heterocycles. The first-order valence-electron chi connectivity index (χ1n) is 5.00. The van der Waals surface area contributed by atoms with Gasteiger partial charge in [0.1, 0.15) is 5.75 Å². The average molecular weight is 233 g/mol. The summed E-state index contributed by atoms with van der Waals surface area (Å²) in [6.45, 7) is 3.28. The normalized spacial score (nSPS) is 12.0. The highest BCUT2D eigenvalue weighted by Gasteiger charge is 2.14. The zero-order valence-electron chi connectivity index (χ0n) is 9.39. The van der Waals surface area contributed by atoms with Crippen LogP contribution in [-0.2, 0) is 0 Å². The fourth-order valence-electron chi connectivity index (χ4n) is 1.77. The molecular formula is C12H11NO4. The van der Waals surface area contributed by atoms with E-state index < -0.39 is 5.63 Å². The van der Waals surface area contributed by atoms with Crippen LogP contribution in [0.1, 0.15) is 18.1 Å². The summed E-state index contributed by atoms with van der Waals surface area (Å²) in [6.07, 6.45) is 0. The number of rotatable bonds is 1. The molecule has 0 saturated carbocycles. The fourth-order valence-corrected chi connectivity index (χ4v) is 1.77. The van der Waals surface area contributed by atoms with Crippen LogP contribution in [0.2, 0.25) is 0 Å². The molecule has 2 rings (SSSR count). The smallest absolute Gasteiger partial charge is 0.336 e. The molecule has 5 heteroatoms. The molecule has 2 aromatic rings. The van der Waals surface area contributed by atoms with Crippen molar-refractivity contribution in [2.45, 2.75) is 13.8 Å². The number of aryl methyl sites for hydroxylation is 1. The molecule has 0 atom stereocenters. The first-order chi connectivity index (χ1) is 8.04. The zero-order valence-corrected chi connectivity index (χ0v) is 9.39. The Labute approximate surface area is 96.6 Å². The summed E-state index contributed by atoms with van der Waals surface area (Å²) in [5.74, 6) is -0.0958. The molecule has 17 heavy (non-hydrogen) atoms. The van der Waals surface area contributed by atoms with Crippen LogP contribution in [0.5, 0.6) is 5.75 Å². The van der Waals surface area contributed by atoms with E-state index in [1.54, 1.807) is 13.0 Å². The number of benzene rings is 1. The minimum absolute atomic E-state index is 0.0958. The summed E-state index contributed by atoms with van der Waals surface area (Å²) in [5.41, 5.74) is 0.869. The molecule has 0 aliphatic heterocycles. The molecule has 1 aromatic heterocycles. The number of hydrogen-bond donors (Lipinski definition) is 2. The SMILES string of the molecule is CC(=NO)c1c(O)ccc2c(C)cc(=O)oc12. The number of hydrogen-bond acceptors (Lipinski definition) is 5. The molecule has 0 bridgehead atoms. The van der Waals surface area contributed by atoms with Gasteiger partial charge in [0.15, 0.2) is 5.58 Å². The van der Waals surface area contributed by atoms with E-state index in [1.807, 2.05) is 0 Å². The Balaban J connectivity index is 3.00. The Morgan fingerprint density at radius 2 is 2.12 bits per heavy atom. The molecular weight excluding hydrogens is 222 g/mol. The number of fused-ring (bicyclic) bond motifs is 1. The van der Waals surface area contributed by atoms with Crippen molar-refractivity contribution < 1.29 is 14.7 Å². The van der Waals surface area contributed by atoms with Gasteiger partial charge in [0.05, 0.1) is 11.3 Å². The largest absolute Gasteiger partial charge is 0.507 e. The maximum atomic E-state index is 11.3. The fraction of sp³-hybridized carbons (Fsp3) is 0.167. The van der Waals surface area contributed by atoms with Crippen LogP contribution < -0.4 is 5.63 Å². The van der Waals surface area contributed by atoms with Gasteiger partial charge in [-0.2, -0.15) is 0 Å². The quantitative estimate of drug-likeness (QED) is 0.341. The van der Waals surface area contributed by atoms with Gasteiger partial charge in [-0.05, 0) is 31.5 Å². The van der Waals surface area contributed by atoms with Crippen molar-refractivity contribution in [2.24, 2.45) is 5.16 Å². The van der Waals surface area contributed by atoms with E-state index >= 15 is 0 Å². The van der Waals surface area contributed by atoms with Crippen LogP contribution in [0.4, 0.5) is 0 Å². The van der Waals surface area contributed by atoms with Crippen LogP contribution in [0.15, 0.2) is 32.6 Å². The molecule has 5 nitrogen and oxygen atoms in total. The topological polar surface area (TPSA) is 83.0 Å². The van der Waals surface area contributed by atoms with Crippen molar-refractivity contribution >= 4 is 16.7 Å². The van der Waals surface area contributed by atoms with Crippen LogP contribution >= 0.6 is 0 Å². The molecule has 0 fully saturated rings. The molecule has 0 amide bonds. The Kier molecular flexibility index (Phi) is 2.59.